The van der Waals surface area contributed by atoms with Crippen molar-refractivity contribution in [3.05, 3.63) is 82.7 Å². The van der Waals surface area contributed by atoms with Crippen LogP contribution in [-0.4, -0.2) is 66.6 Å². The molecule has 13 nitrogen and oxygen atoms in total. The number of cyclic esters (lactones) is 1. The van der Waals surface area contributed by atoms with Crippen LogP contribution in [0.5, 0.6) is 40.2 Å². The van der Waals surface area contributed by atoms with E-state index in [-0.39, 0.29) is 54.9 Å². The molecule has 1 N–H and O–H groups in total. The van der Waals surface area contributed by atoms with E-state index in [1.807, 2.05) is 18.2 Å². The van der Waals surface area contributed by atoms with Gasteiger partial charge in [-0.2, -0.15) is 0 Å². The van der Waals surface area contributed by atoms with Gasteiger partial charge in [0.15, 0.2) is 40.3 Å². The number of ether oxygens (including phenoxy) is 7. The van der Waals surface area contributed by atoms with Gasteiger partial charge in [0.05, 0.1) is 46.1 Å². The van der Waals surface area contributed by atoms with Crippen LogP contribution in [0.25, 0.3) is 6.08 Å². The smallest absolute Gasteiger partial charge is 0.310 e. The largest absolute Gasteiger partial charge is 0.502 e. The summed E-state index contributed by atoms with van der Waals surface area (Å²) in [6, 6.07) is 12.2. The molecule has 0 unspecified atom stereocenters. The Morgan fingerprint density at radius 3 is 2.35 bits per heavy atom. The van der Waals surface area contributed by atoms with Crippen molar-refractivity contribution in [2.24, 2.45) is 11.8 Å². The third kappa shape index (κ3) is 5.40. The molecule has 1 aromatic heterocycles. The van der Waals surface area contributed by atoms with Crippen LogP contribution in [-0.2, 0) is 20.9 Å². The monoisotopic (exact) mass is 655 g/mol. The zero-order valence-corrected chi connectivity index (χ0v) is 26.7. The number of ketones is 1. The number of fused-ring (bicyclic) bond motifs is 3. The number of rotatable bonds is 10. The lowest BCUT2D eigenvalue weighted by Gasteiger charge is -2.39. The first-order valence-corrected chi connectivity index (χ1v) is 15.2. The Morgan fingerprint density at radius 2 is 1.67 bits per heavy atom. The lowest BCUT2D eigenvalue weighted by Crippen LogP contribution is -2.37. The predicted octanol–water partition coefficient (Wildman–Crippen LogP) is 4.44. The molecule has 0 spiro atoms. The van der Waals surface area contributed by atoms with E-state index < -0.39 is 17.9 Å². The molecule has 4 aromatic rings. The molecule has 7 rings (SSSR count). The zero-order chi connectivity index (χ0) is 33.5. The Balaban J connectivity index is 1.25. The van der Waals surface area contributed by atoms with Crippen LogP contribution in [0.2, 0.25) is 0 Å². The van der Waals surface area contributed by atoms with Crippen LogP contribution in [0.3, 0.4) is 0 Å². The summed E-state index contributed by atoms with van der Waals surface area (Å²) in [5.74, 6) is 0.630. The van der Waals surface area contributed by atoms with E-state index in [0.717, 1.165) is 16.7 Å². The third-order valence-corrected chi connectivity index (χ3v) is 8.93. The molecule has 3 aromatic carbocycles. The summed E-state index contributed by atoms with van der Waals surface area (Å²) in [6.07, 6.45) is 4.99. The number of aromatic hydroxyl groups is 1. The summed E-state index contributed by atoms with van der Waals surface area (Å²) >= 11 is 0. The molecule has 248 valence electrons. The van der Waals surface area contributed by atoms with Crippen molar-refractivity contribution >= 4 is 17.8 Å². The highest BCUT2D eigenvalue weighted by Gasteiger charge is 2.53. The van der Waals surface area contributed by atoms with E-state index in [4.69, 9.17) is 33.2 Å². The molecule has 1 fully saturated rings. The Morgan fingerprint density at radius 1 is 0.958 bits per heavy atom. The maximum absolute atomic E-state index is 13.5. The normalized spacial score (nSPS) is 20.6. The first kappa shape index (κ1) is 30.9. The van der Waals surface area contributed by atoms with Crippen LogP contribution in [0.4, 0.5) is 0 Å². The highest BCUT2D eigenvalue weighted by Crippen LogP contribution is 2.56. The minimum atomic E-state index is -0.606. The number of aromatic nitrogens is 3. The molecule has 13 heteroatoms. The number of phenolic OH excluding ortho intramolecular Hbond substituents is 1. The lowest BCUT2D eigenvalue weighted by atomic mass is 9.65. The molecular formula is C35H33N3O10. The van der Waals surface area contributed by atoms with Crippen molar-refractivity contribution in [2.45, 2.75) is 25.5 Å². The van der Waals surface area contributed by atoms with E-state index in [2.05, 4.69) is 10.3 Å². The number of carbonyl (C=O) groups is 2. The van der Waals surface area contributed by atoms with Gasteiger partial charge in [-0.25, -0.2) is 4.68 Å². The SMILES string of the molecule is COc1cc(/C=C/C(C)=O)ccc1OCc1cn([C@@H]2c3cc4c(cc3[C@@H](c3cc(OC)c(O)c(OC)c3)[C@H]3C(=O)OC[C@@H]32)OCO4)nn1. The minimum Gasteiger partial charge on any atom is -0.502 e. The Bertz CT molecular complexity index is 1910. The van der Waals surface area contributed by atoms with Crippen LogP contribution >= 0.6 is 0 Å². The van der Waals surface area contributed by atoms with E-state index in [1.54, 1.807) is 48.3 Å². The Hall–Kier alpha value is -5.72. The number of benzene rings is 3. The van der Waals surface area contributed by atoms with Gasteiger partial charge in [-0.3, -0.25) is 9.59 Å². The second-order valence-electron chi connectivity index (χ2n) is 11.7. The van der Waals surface area contributed by atoms with Crippen molar-refractivity contribution in [3.63, 3.8) is 0 Å². The summed E-state index contributed by atoms with van der Waals surface area (Å²) < 4.78 is 41.5. The van der Waals surface area contributed by atoms with E-state index in [0.29, 0.717) is 34.3 Å². The fraction of sp³-hybridized carbons (Fsp3) is 0.314. The van der Waals surface area contributed by atoms with Crippen molar-refractivity contribution in [1.29, 1.82) is 0 Å². The second kappa shape index (κ2) is 12.5. The van der Waals surface area contributed by atoms with Crippen molar-refractivity contribution in [2.75, 3.05) is 34.7 Å². The fourth-order valence-corrected chi connectivity index (χ4v) is 6.75. The number of esters is 1. The number of hydrogen-bond donors (Lipinski definition) is 1. The predicted molar refractivity (Wildman–Crippen MR) is 169 cm³/mol. The number of carbonyl (C=O) groups excluding carboxylic acids is 2. The molecule has 3 aliphatic rings. The molecule has 48 heavy (non-hydrogen) atoms. The van der Waals surface area contributed by atoms with E-state index in [9.17, 15) is 14.7 Å². The van der Waals surface area contributed by atoms with Gasteiger partial charge >= 0.3 is 5.97 Å². The molecule has 1 aliphatic carbocycles. The first-order valence-electron chi connectivity index (χ1n) is 15.2. The standard InChI is InChI=1S/C35H33N3O10/c1-18(39)5-6-19-7-8-25(26(9-19)42-2)45-15-21-14-38(37-36-21)33-23-13-28-27(47-17-48-28)12-22(23)31(32-24(33)16-46-35(32)41)20-10-29(43-3)34(40)30(11-20)44-4/h5-14,24,31-33,40H,15-17H2,1-4H3/b6-5+/t24-,31+,32-,33+/m0/s1. The average molecular weight is 656 g/mol. The third-order valence-electron chi connectivity index (χ3n) is 8.93. The summed E-state index contributed by atoms with van der Waals surface area (Å²) in [5, 5.41) is 19.5. The molecule has 3 heterocycles. The molecular weight excluding hydrogens is 622 g/mol. The van der Waals surface area contributed by atoms with E-state index >= 15 is 0 Å². The van der Waals surface area contributed by atoms with Crippen LogP contribution < -0.4 is 28.4 Å². The molecule has 2 aliphatic heterocycles. The number of allylic oxidation sites excluding steroid dienone is 1. The summed E-state index contributed by atoms with van der Waals surface area (Å²) in [4.78, 5) is 24.9. The molecule has 0 amide bonds. The van der Waals surface area contributed by atoms with Crippen molar-refractivity contribution in [3.8, 4) is 40.2 Å². The quantitative estimate of drug-likeness (QED) is 0.190. The molecule has 0 saturated carbocycles. The van der Waals surface area contributed by atoms with Gasteiger partial charge in [0.2, 0.25) is 12.5 Å². The molecule has 4 atom stereocenters. The van der Waals surface area contributed by atoms with Crippen LogP contribution in [0, 0.1) is 11.8 Å². The maximum atomic E-state index is 13.5. The zero-order valence-electron chi connectivity index (χ0n) is 26.7. The first-order chi connectivity index (χ1) is 23.3. The highest BCUT2D eigenvalue weighted by molar-refractivity contribution is 5.91. The van der Waals surface area contributed by atoms with Crippen molar-refractivity contribution in [1.82, 2.24) is 15.0 Å². The van der Waals surface area contributed by atoms with Gasteiger partial charge in [0.25, 0.3) is 0 Å². The van der Waals surface area contributed by atoms with E-state index in [1.165, 1.54) is 27.2 Å². The lowest BCUT2D eigenvalue weighted by molar-refractivity contribution is -0.141. The van der Waals surface area contributed by atoms with Crippen LogP contribution in [0.15, 0.2) is 54.7 Å². The van der Waals surface area contributed by atoms with Gasteiger partial charge in [-0.15, -0.1) is 5.10 Å². The Kier molecular flexibility index (Phi) is 8.03. The van der Waals surface area contributed by atoms with Gasteiger partial charge in [0.1, 0.15) is 12.3 Å². The average Bonchev–Trinajstić information content (AvgIpc) is 3.85. The topological polar surface area (TPSA) is 150 Å². The maximum Gasteiger partial charge on any atom is 0.310 e. The molecule has 0 radical (unpaired) electrons. The summed E-state index contributed by atoms with van der Waals surface area (Å²) in [6.45, 7) is 1.82. The molecule has 0 bridgehead atoms. The fourth-order valence-electron chi connectivity index (χ4n) is 6.75. The van der Waals surface area contributed by atoms with Gasteiger partial charge in [0, 0.05) is 11.8 Å². The molecule has 1 saturated heterocycles. The van der Waals surface area contributed by atoms with Gasteiger partial charge in [-0.1, -0.05) is 17.4 Å². The highest BCUT2D eigenvalue weighted by atomic mass is 16.7. The second-order valence-corrected chi connectivity index (χ2v) is 11.7. The Labute approximate surface area is 275 Å². The van der Waals surface area contributed by atoms with Gasteiger partial charge in [-0.05, 0) is 71.7 Å². The van der Waals surface area contributed by atoms with Crippen LogP contribution in [0.1, 0.15) is 46.8 Å². The number of hydrogen-bond acceptors (Lipinski definition) is 12. The number of phenols is 1. The summed E-state index contributed by atoms with van der Waals surface area (Å²) in [7, 11) is 4.46. The summed E-state index contributed by atoms with van der Waals surface area (Å²) in [5.41, 5.74) is 3.73. The minimum absolute atomic E-state index is 0.0561. The number of methoxy groups -OCH3 is 3. The number of nitrogens with zero attached hydrogens (tertiary/aromatic N) is 3. The van der Waals surface area contributed by atoms with Gasteiger partial charge < -0.3 is 38.3 Å². The van der Waals surface area contributed by atoms with Crippen molar-refractivity contribution < 1.29 is 47.9 Å².